The SMILES string of the molecule is CCCO[C@@H]1CO[C@@H](O[C@@H]2C(COS(=O)(=O)O)O[C@@H](O[C@H]3CO[C@@H](O[C@@H]4C(COS(=O)(=O)O)O[C@@H](O[C@@H]5CO[C@@H](O[C@@H]6C(COS(=O)(=O)O)O[C@@H](O[C@H]7CO[C@@H](O[C@@H]8C(COS(=O)(=O)O)O[C@@H](OC)C(N)[C@H]8O)C[C@@H]7O)C(N)[C@H]6O)C[C@@H]5O)C(N)[C@H]4O)C[C@@H]3O)C(N)[C@H]2O)C[C@@H]1O. The minimum Gasteiger partial charge on any atom is -0.390 e. The highest BCUT2D eigenvalue weighted by Crippen LogP contribution is 2.36. The fourth-order valence-electron chi connectivity index (χ4n) is 11.5. The molecule has 0 aromatic rings. The Labute approximate surface area is 554 Å². The number of hydrogen-bond acceptors (Lipinski definition) is 41. The van der Waals surface area contributed by atoms with Gasteiger partial charge in [-0.3, -0.25) is 18.2 Å². The molecule has 0 bridgehead atoms. The lowest BCUT2D eigenvalue weighted by Gasteiger charge is -2.47. The molecule has 49 heteroatoms. The van der Waals surface area contributed by atoms with E-state index in [9.17, 15) is 88.2 Å². The highest BCUT2D eigenvalue weighted by atomic mass is 32.3. The quantitative estimate of drug-likeness (QED) is 0.0297. The van der Waals surface area contributed by atoms with Crippen LogP contribution in [0.15, 0.2) is 0 Å². The number of methoxy groups -OCH3 is 1. The first-order chi connectivity index (χ1) is 45.4. The maximum atomic E-state index is 11.8. The van der Waals surface area contributed by atoms with Crippen molar-refractivity contribution in [3.05, 3.63) is 0 Å². The summed E-state index contributed by atoms with van der Waals surface area (Å²) in [7, 11) is -19.3. The van der Waals surface area contributed by atoms with Crippen molar-refractivity contribution in [2.75, 3.05) is 66.6 Å². The first-order valence-electron chi connectivity index (χ1n) is 30.1. The van der Waals surface area contributed by atoms with Gasteiger partial charge in [0.2, 0.25) is 0 Å². The highest BCUT2D eigenvalue weighted by Gasteiger charge is 2.54. The zero-order valence-electron chi connectivity index (χ0n) is 51.5. The average molecular weight is 1500 g/mol. The molecule has 20 N–H and O–H groups in total. The maximum absolute atomic E-state index is 11.8. The van der Waals surface area contributed by atoms with Crippen LogP contribution >= 0.6 is 0 Å². The van der Waals surface area contributed by atoms with Crippen molar-refractivity contribution in [2.24, 2.45) is 22.9 Å². The fourth-order valence-corrected chi connectivity index (χ4v) is 12.7. The number of ether oxygens (including phenoxy) is 17. The van der Waals surface area contributed by atoms with Crippen molar-refractivity contribution in [3.8, 4) is 0 Å². The first-order valence-corrected chi connectivity index (χ1v) is 35.6. The predicted molar refractivity (Wildman–Crippen MR) is 303 cm³/mol. The molecule has 8 fully saturated rings. The summed E-state index contributed by atoms with van der Waals surface area (Å²) in [6.45, 7) is -3.65. The Balaban J connectivity index is 0.839. The lowest BCUT2D eigenvalue weighted by Crippen LogP contribution is -2.66. The van der Waals surface area contributed by atoms with Crippen LogP contribution in [0.25, 0.3) is 0 Å². The van der Waals surface area contributed by atoms with Gasteiger partial charge in [-0.1, -0.05) is 6.92 Å². The monoisotopic (exact) mass is 1500 g/mol. The van der Waals surface area contributed by atoms with Gasteiger partial charge < -0.3 is 144 Å². The number of nitrogens with two attached hydrogens (primary N) is 4. The van der Waals surface area contributed by atoms with Crippen LogP contribution in [-0.2, 0) is 139 Å². The number of rotatable bonds is 30. The van der Waals surface area contributed by atoms with Crippen molar-refractivity contribution < 1.29 is 190 Å². The van der Waals surface area contributed by atoms with Gasteiger partial charge >= 0.3 is 41.6 Å². The van der Waals surface area contributed by atoms with Crippen molar-refractivity contribution in [1.29, 1.82) is 0 Å². The third-order valence-corrected chi connectivity index (χ3v) is 18.3. The van der Waals surface area contributed by atoms with Gasteiger partial charge in [0.05, 0.1) is 101 Å². The van der Waals surface area contributed by atoms with E-state index >= 15 is 0 Å². The molecule has 8 heterocycles. The van der Waals surface area contributed by atoms with Crippen molar-refractivity contribution in [3.63, 3.8) is 0 Å². The second kappa shape index (κ2) is 34.9. The van der Waals surface area contributed by atoms with Gasteiger partial charge in [0.15, 0.2) is 50.3 Å². The van der Waals surface area contributed by atoms with Gasteiger partial charge in [0, 0.05) is 39.4 Å². The van der Waals surface area contributed by atoms with Gasteiger partial charge in [-0.15, -0.1) is 0 Å². The fraction of sp³-hybridized carbons (Fsp3) is 1.00. The summed E-state index contributed by atoms with van der Waals surface area (Å²) in [5, 5.41) is 90.0. The van der Waals surface area contributed by atoms with Gasteiger partial charge in [-0.05, 0) is 6.42 Å². The molecule has 0 radical (unpaired) electrons. The molecule has 568 valence electrons. The van der Waals surface area contributed by atoms with Crippen LogP contribution in [0.1, 0.15) is 39.0 Å². The van der Waals surface area contributed by atoms with E-state index in [1.165, 1.54) is 7.11 Å². The van der Waals surface area contributed by atoms with Gasteiger partial charge in [0.25, 0.3) is 0 Å². The number of hydrogen-bond donors (Lipinski definition) is 16. The summed E-state index contributed by atoms with van der Waals surface area (Å²) in [4.78, 5) is 0. The van der Waals surface area contributed by atoms with E-state index in [1.807, 2.05) is 6.92 Å². The Bertz CT molecular complexity index is 2930. The lowest BCUT2D eigenvalue weighted by molar-refractivity contribution is -0.350. The average Bonchev–Trinajstić information content (AvgIpc) is 0.803. The van der Waals surface area contributed by atoms with E-state index < -0.39 is 304 Å². The standard InChI is InChI=1S/C48H86N4O41S4/c1-3-4-74-21-9-75-29(5-17(21)53)90-42-26(14-80-95(64,65)66)87-46(34(50)38(42)58)84-23-11-77-31(7-19(23)55)92-44-28(16-82-97(70,71)72)89-48(36(52)40(44)60)85-24-12-78-32(8-20(24)56)93-43-27(15-81-96(67,68)69)88-47(35(51)39(43)59)83-22-10-76-30(6-18(22)54)91-41-25(13-79-94(61,62)63)86-45(73-2)33(49)37(41)57/h17-48,53-60H,3-16,49-52H2,1-2H3,(H,61,62,63)(H,64,65,66)(H,67,68,69)(H,70,71,72)/t17-,18-,19-,20-,21+,22-,23-,24+,25?,26?,27?,28?,29-,30-,31-,32-,33?,34?,35?,36?,37+,38+,39+,40+,41+,42+,43+,44+,45+,46+,47+,48+/m0/s1. The molecule has 8 saturated heterocycles. The Morgan fingerprint density at radius 3 is 0.835 bits per heavy atom. The molecule has 0 spiro atoms. The molecule has 8 unspecified atom stereocenters. The minimum absolute atomic E-state index is 0.118. The molecule has 8 aliphatic rings. The van der Waals surface area contributed by atoms with E-state index in [-0.39, 0.29) is 13.0 Å². The van der Waals surface area contributed by atoms with Gasteiger partial charge in [0.1, 0.15) is 97.7 Å². The third-order valence-electron chi connectivity index (χ3n) is 16.6. The van der Waals surface area contributed by atoms with Crippen LogP contribution in [0.4, 0.5) is 0 Å². The molecular weight excluding hydrogens is 1420 g/mol. The first kappa shape index (κ1) is 81.0. The van der Waals surface area contributed by atoms with Crippen LogP contribution in [0.5, 0.6) is 0 Å². The van der Waals surface area contributed by atoms with Crippen molar-refractivity contribution in [2.45, 2.75) is 236 Å². The van der Waals surface area contributed by atoms with Crippen molar-refractivity contribution in [1.82, 2.24) is 0 Å². The van der Waals surface area contributed by atoms with E-state index in [4.69, 9.17) is 108 Å². The molecule has 45 nitrogen and oxygen atoms in total. The maximum Gasteiger partial charge on any atom is 0.397 e. The molecule has 32 atom stereocenters. The summed E-state index contributed by atoms with van der Waals surface area (Å²) < 4.78 is 246. The largest absolute Gasteiger partial charge is 0.397 e. The second-order valence-corrected chi connectivity index (χ2v) is 28.0. The molecule has 0 aromatic heterocycles. The zero-order valence-corrected chi connectivity index (χ0v) is 54.8. The van der Waals surface area contributed by atoms with Crippen LogP contribution in [0, 0.1) is 0 Å². The Kier molecular flexibility index (Phi) is 29.2. The minimum atomic E-state index is -5.22. The van der Waals surface area contributed by atoms with Gasteiger partial charge in [-0.2, -0.15) is 33.7 Å². The van der Waals surface area contributed by atoms with Crippen LogP contribution < -0.4 is 22.9 Å². The summed E-state index contributed by atoms with van der Waals surface area (Å²) in [5.41, 5.74) is 25.0. The van der Waals surface area contributed by atoms with Crippen molar-refractivity contribution >= 4 is 41.6 Å². The second-order valence-electron chi connectivity index (χ2n) is 23.6. The molecule has 0 aliphatic carbocycles. The topological polar surface area (TPSA) is 677 Å². The summed E-state index contributed by atoms with van der Waals surface area (Å²) in [6.07, 6.45) is -43.7. The molecule has 0 aromatic carbocycles. The van der Waals surface area contributed by atoms with E-state index in [0.29, 0.717) is 13.0 Å². The zero-order chi connectivity index (χ0) is 71.2. The lowest BCUT2D eigenvalue weighted by atomic mass is 9.96. The van der Waals surface area contributed by atoms with E-state index in [1.54, 1.807) is 0 Å². The summed E-state index contributed by atoms with van der Waals surface area (Å²) in [6, 6.07) is -6.01. The normalized spacial score (nSPS) is 44.6. The number of aliphatic hydroxyl groups is 8. The predicted octanol–water partition coefficient (Wildman–Crippen LogP) is -10.5. The Morgan fingerprint density at radius 1 is 0.371 bits per heavy atom. The van der Waals surface area contributed by atoms with Crippen LogP contribution in [0.3, 0.4) is 0 Å². The van der Waals surface area contributed by atoms with Gasteiger partial charge in [-0.25, -0.2) is 16.7 Å². The molecule has 0 saturated carbocycles. The Hall–Kier alpha value is -1.68. The molecular formula is C48H86N4O41S4. The molecule has 0 amide bonds. The molecule has 97 heavy (non-hydrogen) atoms. The van der Waals surface area contributed by atoms with Crippen LogP contribution in [-0.4, -0.2) is 356 Å². The number of aliphatic hydroxyl groups excluding tert-OH is 8. The highest BCUT2D eigenvalue weighted by molar-refractivity contribution is 7.81. The third kappa shape index (κ3) is 22.7. The van der Waals surface area contributed by atoms with E-state index in [0.717, 1.165) is 0 Å². The molecule has 8 rings (SSSR count). The van der Waals surface area contributed by atoms with E-state index in [2.05, 4.69) is 16.7 Å². The summed E-state index contributed by atoms with van der Waals surface area (Å²) >= 11 is 0. The summed E-state index contributed by atoms with van der Waals surface area (Å²) in [5.74, 6) is 0. The smallest absolute Gasteiger partial charge is 0.390 e. The molecule has 8 aliphatic heterocycles. The Morgan fingerprint density at radius 2 is 0.608 bits per heavy atom. The van der Waals surface area contributed by atoms with Crippen LogP contribution in [0.2, 0.25) is 0 Å².